The van der Waals surface area contributed by atoms with Gasteiger partial charge in [0.25, 0.3) is 0 Å². The zero-order chi connectivity index (χ0) is 18.0. The van der Waals surface area contributed by atoms with Crippen molar-refractivity contribution in [2.75, 3.05) is 12.4 Å². The number of ether oxygens (including phenoxy) is 2. The number of phenolic OH excluding ortho intramolecular Hbond substituents is 1. The van der Waals surface area contributed by atoms with Crippen LogP contribution in [0, 0.1) is 18.3 Å². The Labute approximate surface area is 142 Å². The van der Waals surface area contributed by atoms with Gasteiger partial charge in [0.15, 0.2) is 11.6 Å². The van der Waals surface area contributed by atoms with Gasteiger partial charge in [0.2, 0.25) is 0 Å². The first kappa shape index (κ1) is 16.1. The monoisotopic (exact) mass is 339 g/mol. The molecule has 3 aromatic rings. The fourth-order valence-electron chi connectivity index (χ4n) is 2.30. The molecule has 25 heavy (non-hydrogen) atoms. The number of nitriles is 1. The number of nitrogens with one attached hydrogen (secondary N) is 1. The minimum absolute atomic E-state index is 0.139. The lowest BCUT2D eigenvalue weighted by molar-refractivity contribution is 0.121. The molecule has 0 atom stereocenters. The Bertz CT molecular complexity index is 1010. The van der Waals surface area contributed by atoms with Crippen molar-refractivity contribution >= 4 is 23.2 Å². The summed E-state index contributed by atoms with van der Waals surface area (Å²) in [6, 6.07) is 6.44. The molecule has 0 fully saturated rings. The van der Waals surface area contributed by atoms with Crippen molar-refractivity contribution in [3.63, 3.8) is 0 Å². The Hall–Kier alpha value is -3.80. The van der Waals surface area contributed by atoms with Crippen molar-refractivity contribution < 1.29 is 19.4 Å². The zero-order valence-electron chi connectivity index (χ0n) is 13.3. The van der Waals surface area contributed by atoms with E-state index in [2.05, 4.69) is 20.1 Å². The van der Waals surface area contributed by atoms with Crippen LogP contribution in [-0.2, 0) is 4.74 Å². The van der Waals surface area contributed by atoms with Gasteiger partial charge in [-0.3, -0.25) is 0 Å². The number of fused-ring (bicyclic) bond motifs is 1. The largest absolute Gasteiger partial charge is 0.513 e. The molecule has 1 aromatic carbocycles. The molecule has 0 spiro atoms. The maximum Gasteiger partial charge on any atom is 0.513 e. The van der Waals surface area contributed by atoms with Crippen LogP contribution in [0.5, 0.6) is 11.5 Å². The zero-order valence-corrected chi connectivity index (χ0v) is 13.3. The standard InChI is InChI=1S/C16H13N5O4/c1-9-13(25-16(23)24-2)7-21-14(9)15(18-8-19-21)20-11-4-3-10(6-17)12(22)5-11/h3-5,7-8,22H,1-2H3,(H,18,19,20). The van der Waals surface area contributed by atoms with E-state index in [0.29, 0.717) is 22.6 Å². The van der Waals surface area contributed by atoms with Gasteiger partial charge >= 0.3 is 6.16 Å². The Morgan fingerprint density at radius 1 is 1.44 bits per heavy atom. The molecule has 2 heterocycles. The highest BCUT2D eigenvalue weighted by atomic mass is 16.7. The molecule has 0 saturated heterocycles. The number of benzene rings is 1. The molecule has 0 bridgehead atoms. The lowest BCUT2D eigenvalue weighted by Crippen LogP contribution is -2.07. The summed E-state index contributed by atoms with van der Waals surface area (Å²) in [5, 5.41) is 25.8. The summed E-state index contributed by atoms with van der Waals surface area (Å²) in [6.45, 7) is 1.75. The lowest BCUT2D eigenvalue weighted by Gasteiger charge is -2.08. The number of aryl methyl sites for hydroxylation is 1. The third-order valence-electron chi connectivity index (χ3n) is 3.52. The summed E-state index contributed by atoms with van der Waals surface area (Å²) < 4.78 is 11.1. The number of hydrogen-bond acceptors (Lipinski definition) is 8. The highest BCUT2D eigenvalue weighted by molar-refractivity contribution is 5.80. The van der Waals surface area contributed by atoms with E-state index < -0.39 is 6.16 Å². The Kier molecular flexibility index (Phi) is 4.09. The molecule has 0 saturated carbocycles. The molecule has 0 unspecified atom stereocenters. The predicted octanol–water partition coefficient (Wildman–Crippen LogP) is 2.50. The number of aromatic hydroxyl groups is 1. The Morgan fingerprint density at radius 2 is 2.24 bits per heavy atom. The van der Waals surface area contributed by atoms with Crippen molar-refractivity contribution in [1.82, 2.24) is 14.6 Å². The van der Waals surface area contributed by atoms with Gasteiger partial charge in [-0.2, -0.15) is 10.4 Å². The number of carbonyl (C=O) groups is 1. The molecule has 126 valence electrons. The number of anilines is 2. The molecule has 0 amide bonds. The highest BCUT2D eigenvalue weighted by Gasteiger charge is 2.17. The first-order valence-electron chi connectivity index (χ1n) is 7.12. The quantitative estimate of drug-likeness (QED) is 0.698. The van der Waals surface area contributed by atoms with Gasteiger partial charge in [-0.25, -0.2) is 14.3 Å². The van der Waals surface area contributed by atoms with Gasteiger partial charge < -0.3 is 19.9 Å². The molecular weight excluding hydrogens is 326 g/mol. The summed E-state index contributed by atoms with van der Waals surface area (Å²) in [5.74, 6) is 0.591. The number of carbonyl (C=O) groups excluding carboxylic acids is 1. The van der Waals surface area contributed by atoms with Crippen LogP contribution >= 0.6 is 0 Å². The first-order chi connectivity index (χ1) is 12.0. The fraction of sp³-hybridized carbons (Fsp3) is 0.125. The minimum Gasteiger partial charge on any atom is -0.506 e. The Balaban J connectivity index is 2.01. The maximum absolute atomic E-state index is 11.3. The smallest absolute Gasteiger partial charge is 0.506 e. The van der Waals surface area contributed by atoms with E-state index in [1.165, 1.54) is 36.3 Å². The summed E-state index contributed by atoms with van der Waals surface area (Å²) in [6.07, 6.45) is 2.03. The number of rotatable bonds is 3. The van der Waals surface area contributed by atoms with Crippen molar-refractivity contribution in [3.05, 3.63) is 41.9 Å². The summed E-state index contributed by atoms with van der Waals surface area (Å²) in [4.78, 5) is 15.5. The van der Waals surface area contributed by atoms with E-state index in [9.17, 15) is 9.90 Å². The number of methoxy groups -OCH3 is 1. The van der Waals surface area contributed by atoms with E-state index in [4.69, 9.17) is 10.00 Å². The summed E-state index contributed by atoms with van der Waals surface area (Å²) >= 11 is 0. The molecule has 2 aromatic heterocycles. The van der Waals surface area contributed by atoms with Gasteiger partial charge in [0.1, 0.15) is 23.7 Å². The number of hydrogen-bond donors (Lipinski definition) is 2. The summed E-state index contributed by atoms with van der Waals surface area (Å²) in [7, 11) is 1.22. The van der Waals surface area contributed by atoms with E-state index in [1.54, 1.807) is 13.0 Å². The SMILES string of the molecule is COC(=O)Oc1cn2ncnc(Nc3ccc(C#N)c(O)c3)c2c1C. The van der Waals surface area contributed by atoms with Crippen LogP contribution in [0.4, 0.5) is 16.3 Å². The second-order valence-corrected chi connectivity index (χ2v) is 5.05. The second kappa shape index (κ2) is 6.37. The van der Waals surface area contributed by atoms with Gasteiger partial charge in [0, 0.05) is 17.3 Å². The fourth-order valence-corrected chi connectivity index (χ4v) is 2.30. The van der Waals surface area contributed by atoms with Gasteiger partial charge in [-0.1, -0.05) is 0 Å². The van der Waals surface area contributed by atoms with E-state index >= 15 is 0 Å². The molecule has 2 N–H and O–H groups in total. The predicted molar refractivity (Wildman–Crippen MR) is 86.9 cm³/mol. The van der Waals surface area contributed by atoms with Crippen LogP contribution < -0.4 is 10.1 Å². The van der Waals surface area contributed by atoms with Crippen LogP contribution in [0.25, 0.3) is 5.52 Å². The molecule has 9 heteroatoms. The molecule has 0 aliphatic carbocycles. The molecule has 9 nitrogen and oxygen atoms in total. The van der Waals surface area contributed by atoms with Crippen LogP contribution in [0.15, 0.2) is 30.7 Å². The minimum atomic E-state index is -0.835. The molecule has 0 radical (unpaired) electrons. The van der Waals surface area contributed by atoms with Crippen molar-refractivity contribution in [1.29, 1.82) is 5.26 Å². The third kappa shape index (κ3) is 3.00. The maximum atomic E-state index is 11.3. The van der Waals surface area contributed by atoms with Crippen molar-refractivity contribution in [2.24, 2.45) is 0 Å². The van der Waals surface area contributed by atoms with E-state index in [0.717, 1.165) is 0 Å². The van der Waals surface area contributed by atoms with Crippen LogP contribution in [0.1, 0.15) is 11.1 Å². The summed E-state index contributed by atoms with van der Waals surface area (Å²) in [5.41, 5.74) is 1.93. The number of phenols is 1. The van der Waals surface area contributed by atoms with E-state index in [1.807, 2.05) is 6.07 Å². The lowest BCUT2D eigenvalue weighted by atomic mass is 10.2. The van der Waals surface area contributed by atoms with Gasteiger partial charge in [-0.05, 0) is 19.1 Å². The van der Waals surface area contributed by atoms with Crippen LogP contribution in [0.2, 0.25) is 0 Å². The first-order valence-corrected chi connectivity index (χ1v) is 7.12. The second-order valence-electron chi connectivity index (χ2n) is 5.05. The normalized spacial score (nSPS) is 10.3. The molecule has 3 rings (SSSR count). The Morgan fingerprint density at radius 3 is 2.92 bits per heavy atom. The van der Waals surface area contributed by atoms with Crippen LogP contribution in [0.3, 0.4) is 0 Å². The van der Waals surface area contributed by atoms with Gasteiger partial charge in [-0.15, -0.1) is 0 Å². The third-order valence-corrected chi connectivity index (χ3v) is 3.52. The van der Waals surface area contributed by atoms with E-state index in [-0.39, 0.29) is 17.1 Å². The van der Waals surface area contributed by atoms with Crippen LogP contribution in [-0.4, -0.2) is 33.0 Å². The highest BCUT2D eigenvalue weighted by Crippen LogP contribution is 2.31. The van der Waals surface area contributed by atoms with Gasteiger partial charge in [0.05, 0.1) is 18.9 Å². The molecular formula is C16H13N5O4. The van der Waals surface area contributed by atoms with Crippen molar-refractivity contribution in [3.8, 4) is 17.6 Å². The topological polar surface area (TPSA) is 122 Å². The number of aromatic nitrogens is 3. The number of nitrogens with zero attached hydrogens (tertiary/aromatic N) is 4. The molecule has 0 aliphatic heterocycles. The average molecular weight is 339 g/mol. The average Bonchev–Trinajstić information content (AvgIpc) is 2.92. The molecule has 0 aliphatic rings. The van der Waals surface area contributed by atoms with Crippen molar-refractivity contribution in [2.45, 2.75) is 6.92 Å².